The minimum absolute atomic E-state index is 0.00101. The molecule has 0 saturated heterocycles. The third-order valence-corrected chi connectivity index (χ3v) is 3.22. The summed E-state index contributed by atoms with van der Waals surface area (Å²) in [6.45, 7) is 0.254. The van der Waals surface area contributed by atoms with Crippen molar-refractivity contribution in [1.29, 1.82) is 0 Å². The van der Waals surface area contributed by atoms with E-state index in [1.807, 2.05) is 24.3 Å². The number of ether oxygens (including phenoxy) is 1. The molecule has 0 aromatic heterocycles. The highest BCUT2D eigenvalue weighted by Gasteiger charge is 2.05. The van der Waals surface area contributed by atoms with Crippen LogP contribution >= 0.6 is 15.9 Å². The summed E-state index contributed by atoms with van der Waals surface area (Å²) in [5.41, 5.74) is 5.89. The molecule has 0 heterocycles. The van der Waals surface area contributed by atoms with Crippen LogP contribution in [0.4, 0.5) is 15.8 Å². The molecule has 2 aromatic rings. The van der Waals surface area contributed by atoms with Crippen LogP contribution in [0.15, 0.2) is 46.9 Å². The minimum Gasteiger partial charge on any atom is -0.493 e. The van der Waals surface area contributed by atoms with Gasteiger partial charge in [-0.25, -0.2) is 4.39 Å². The van der Waals surface area contributed by atoms with Crippen molar-refractivity contribution in [3.63, 3.8) is 0 Å². The molecular weight excluding hydrogens is 339 g/mol. The maximum Gasteiger partial charge on any atom is 0.227 e. The maximum absolute atomic E-state index is 13.0. The van der Waals surface area contributed by atoms with Crippen LogP contribution in [0.3, 0.4) is 0 Å². The van der Waals surface area contributed by atoms with Gasteiger partial charge in [0, 0.05) is 10.2 Å². The van der Waals surface area contributed by atoms with Crippen LogP contribution in [-0.4, -0.2) is 12.5 Å². The fourth-order valence-corrected chi connectivity index (χ4v) is 1.90. The van der Waals surface area contributed by atoms with Gasteiger partial charge in [0.2, 0.25) is 5.91 Å². The van der Waals surface area contributed by atoms with Crippen molar-refractivity contribution in [2.75, 3.05) is 17.7 Å². The van der Waals surface area contributed by atoms with Crippen molar-refractivity contribution >= 4 is 33.2 Å². The molecule has 0 aliphatic heterocycles. The lowest BCUT2D eigenvalue weighted by atomic mass is 10.2. The molecule has 1 amide bonds. The maximum atomic E-state index is 13.0. The molecule has 0 fully saturated rings. The second-order valence-electron chi connectivity index (χ2n) is 4.34. The number of halogens is 2. The van der Waals surface area contributed by atoms with Crippen LogP contribution in [0.1, 0.15) is 6.42 Å². The summed E-state index contributed by atoms with van der Waals surface area (Å²) in [4.78, 5) is 11.7. The molecule has 0 saturated carbocycles. The third kappa shape index (κ3) is 4.75. The van der Waals surface area contributed by atoms with Crippen molar-refractivity contribution in [1.82, 2.24) is 0 Å². The first-order valence-electron chi connectivity index (χ1n) is 6.28. The Kier molecular flexibility index (Phi) is 5.16. The predicted molar refractivity (Wildman–Crippen MR) is 83.7 cm³/mol. The van der Waals surface area contributed by atoms with Gasteiger partial charge in [-0.3, -0.25) is 4.79 Å². The highest BCUT2D eigenvalue weighted by atomic mass is 79.9. The van der Waals surface area contributed by atoms with Crippen LogP contribution < -0.4 is 15.8 Å². The summed E-state index contributed by atoms with van der Waals surface area (Å²) in [6.07, 6.45) is 0.188. The van der Waals surface area contributed by atoms with Gasteiger partial charge in [0.25, 0.3) is 0 Å². The second kappa shape index (κ2) is 7.08. The molecule has 2 aromatic carbocycles. The molecule has 3 N–H and O–H groups in total. The van der Waals surface area contributed by atoms with E-state index in [1.165, 1.54) is 18.2 Å². The van der Waals surface area contributed by atoms with E-state index >= 15 is 0 Å². The number of hydrogen-bond donors (Lipinski definition) is 2. The molecule has 0 spiro atoms. The quantitative estimate of drug-likeness (QED) is 0.808. The number of nitrogens with one attached hydrogen (secondary N) is 1. The fourth-order valence-electron chi connectivity index (χ4n) is 1.64. The summed E-state index contributed by atoms with van der Waals surface area (Å²) in [7, 11) is 0. The van der Waals surface area contributed by atoms with Crippen LogP contribution in [0.5, 0.6) is 5.75 Å². The summed E-state index contributed by atoms with van der Waals surface area (Å²) in [5, 5.41) is 2.63. The van der Waals surface area contributed by atoms with E-state index in [1.54, 1.807) is 0 Å². The van der Waals surface area contributed by atoms with E-state index in [2.05, 4.69) is 21.2 Å². The number of hydrogen-bond acceptors (Lipinski definition) is 3. The van der Waals surface area contributed by atoms with E-state index in [0.717, 1.165) is 4.47 Å². The lowest BCUT2D eigenvalue weighted by molar-refractivity contribution is -0.116. The van der Waals surface area contributed by atoms with Crippen molar-refractivity contribution < 1.29 is 13.9 Å². The Hall–Kier alpha value is -2.08. The molecular formula is C15H14BrFN2O2. The van der Waals surface area contributed by atoms with Gasteiger partial charge in [-0.05, 0) is 42.5 Å². The number of rotatable bonds is 5. The van der Waals surface area contributed by atoms with Crippen molar-refractivity contribution in [3.8, 4) is 5.75 Å². The number of carbonyl (C=O) groups is 1. The Bertz CT molecular complexity index is 632. The molecule has 0 aliphatic rings. The molecule has 6 heteroatoms. The molecule has 4 nitrogen and oxygen atoms in total. The van der Waals surface area contributed by atoms with Gasteiger partial charge in [0.1, 0.15) is 11.6 Å². The molecule has 0 unspecified atom stereocenters. The Labute approximate surface area is 130 Å². The van der Waals surface area contributed by atoms with Crippen LogP contribution in [-0.2, 0) is 4.79 Å². The molecule has 110 valence electrons. The number of carbonyl (C=O) groups excluding carboxylic acids is 1. The van der Waals surface area contributed by atoms with Gasteiger partial charge < -0.3 is 15.8 Å². The lowest BCUT2D eigenvalue weighted by Crippen LogP contribution is -2.15. The lowest BCUT2D eigenvalue weighted by Gasteiger charge is -2.08. The summed E-state index contributed by atoms with van der Waals surface area (Å²) in [6, 6.07) is 11.4. The fraction of sp³-hybridized carbons (Fsp3) is 0.133. The number of amides is 1. The topological polar surface area (TPSA) is 64.3 Å². The first kappa shape index (κ1) is 15.3. The molecule has 2 rings (SSSR count). The van der Waals surface area contributed by atoms with Gasteiger partial charge in [-0.2, -0.15) is 0 Å². The standard InChI is InChI=1S/C15H14BrFN2O2/c16-10-1-4-12(5-2-10)21-8-7-15(20)19-11-3-6-13(17)14(18)9-11/h1-6,9H,7-8,18H2,(H,19,20). The predicted octanol–water partition coefficient (Wildman–Crippen LogP) is 3.58. The highest BCUT2D eigenvalue weighted by molar-refractivity contribution is 9.10. The van der Waals surface area contributed by atoms with Crippen molar-refractivity contribution in [2.45, 2.75) is 6.42 Å². The Morgan fingerprint density at radius 2 is 1.95 bits per heavy atom. The Morgan fingerprint density at radius 1 is 1.24 bits per heavy atom. The first-order chi connectivity index (χ1) is 10.0. The molecule has 0 radical (unpaired) electrons. The van der Waals surface area contributed by atoms with Gasteiger partial charge in [0.05, 0.1) is 18.7 Å². The van der Waals surface area contributed by atoms with E-state index in [4.69, 9.17) is 10.5 Å². The molecule has 0 aliphatic carbocycles. The van der Waals surface area contributed by atoms with Gasteiger partial charge in [-0.1, -0.05) is 15.9 Å². The minimum atomic E-state index is -0.508. The average Bonchev–Trinajstić information content (AvgIpc) is 2.45. The van der Waals surface area contributed by atoms with Crippen LogP contribution in [0, 0.1) is 5.82 Å². The highest BCUT2D eigenvalue weighted by Crippen LogP contribution is 2.17. The summed E-state index contributed by atoms with van der Waals surface area (Å²) < 4.78 is 19.4. The third-order valence-electron chi connectivity index (χ3n) is 2.69. The van der Waals surface area contributed by atoms with Gasteiger partial charge in [-0.15, -0.1) is 0 Å². The Balaban J connectivity index is 1.79. The second-order valence-corrected chi connectivity index (χ2v) is 5.25. The smallest absolute Gasteiger partial charge is 0.227 e. The van der Waals surface area contributed by atoms with E-state index < -0.39 is 5.82 Å². The zero-order chi connectivity index (χ0) is 15.2. The van der Waals surface area contributed by atoms with E-state index in [9.17, 15) is 9.18 Å². The van der Waals surface area contributed by atoms with Gasteiger partial charge >= 0.3 is 0 Å². The average molecular weight is 353 g/mol. The van der Waals surface area contributed by atoms with Crippen molar-refractivity contribution in [2.24, 2.45) is 0 Å². The molecule has 0 bridgehead atoms. The largest absolute Gasteiger partial charge is 0.493 e. The number of nitrogens with two attached hydrogens (primary N) is 1. The van der Waals surface area contributed by atoms with Crippen LogP contribution in [0.25, 0.3) is 0 Å². The molecule has 21 heavy (non-hydrogen) atoms. The number of nitrogen functional groups attached to an aromatic ring is 1. The zero-order valence-electron chi connectivity index (χ0n) is 11.1. The zero-order valence-corrected chi connectivity index (χ0v) is 12.7. The summed E-state index contributed by atoms with van der Waals surface area (Å²) in [5.74, 6) is -0.0401. The normalized spacial score (nSPS) is 10.2. The van der Waals surface area contributed by atoms with Crippen LogP contribution in [0.2, 0.25) is 0 Å². The van der Waals surface area contributed by atoms with Crippen molar-refractivity contribution in [3.05, 3.63) is 52.8 Å². The monoisotopic (exact) mass is 352 g/mol. The summed E-state index contributed by atoms with van der Waals surface area (Å²) >= 11 is 3.33. The number of anilines is 2. The molecule has 0 atom stereocenters. The van der Waals surface area contributed by atoms with E-state index in [-0.39, 0.29) is 24.6 Å². The SMILES string of the molecule is Nc1cc(NC(=O)CCOc2ccc(Br)cc2)ccc1F. The van der Waals surface area contributed by atoms with E-state index in [0.29, 0.717) is 11.4 Å². The van der Waals surface area contributed by atoms with Gasteiger partial charge in [0.15, 0.2) is 0 Å². The number of benzene rings is 2. The Morgan fingerprint density at radius 3 is 2.62 bits per heavy atom. The first-order valence-corrected chi connectivity index (χ1v) is 7.07.